The molecule has 0 aromatic heterocycles. The highest BCUT2D eigenvalue weighted by Gasteiger charge is 2.10. The van der Waals surface area contributed by atoms with Crippen LogP contribution in [-0.2, 0) is 9.47 Å². The Morgan fingerprint density at radius 3 is 2.69 bits per heavy atom. The van der Waals surface area contributed by atoms with Gasteiger partial charge in [-0.3, -0.25) is 0 Å². The fourth-order valence-corrected chi connectivity index (χ4v) is 1.51. The van der Waals surface area contributed by atoms with Gasteiger partial charge in [-0.15, -0.1) is 0 Å². The van der Waals surface area contributed by atoms with Gasteiger partial charge in [0.05, 0.1) is 0 Å². The number of hydrogen-bond acceptors (Lipinski definition) is 2. The molecule has 0 saturated heterocycles. The standard InChI is InChI=1S/C11H18O2/c1-9-5-4-6-10(7-9)8-11(12-2)13-3/h4,6-7,9,11H,5,8H2,1-3H3. The molecule has 0 heterocycles. The first-order chi connectivity index (χ1) is 6.26. The number of rotatable bonds is 4. The quantitative estimate of drug-likeness (QED) is 0.622. The second-order valence-corrected chi connectivity index (χ2v) is 3.46. The van der Waals surface area contributed by atoms with Gasteiger partial charge in [-0.1, -0.05) is 25.2 Å². The Morgan fingerprint density at radius 1 is 1.46 bits per heavy atom. The van der Waals surface area contributed by atoms with E-state index in [0.29, 0.717) is 5.92 Å². The molecule has 0 aliphatic heterocycles. The van der Waals surface area contributed by atoms with E-state index in [2.05, 4.69) is 25.2 Å². The summed E-state index contributed by atoms with van der Waals surface area (Å²) in [5.74, 6) is 0.648. The lowest BCUT2D eigenvalue weighted by Gasteiger charge is -2.17. The maximum atomic E-state index is 5.14. The van der Waals surface area contributed by atoms with Gasteiger partial charge in [0.25, 0.3) is 0 Å². The van der Waals surface area contributed by atoms with Crippen LogP contribution in [0.15, 0.2) is 23.8 Å². The lowest BCUT2D eigenvalue weighted by atomic mass is 9.96. The van der Waals surface area contributed by atoms with E-state index in [0.717, 1.165) is 12.8 Å². The summed E-state index contributed by atoms with van der Waals surface area (Å²) in [4.78, 5) is 0. The average molecular weight is 182 g/mol. The molecule has 0 spiro atoms. The van der Waals surface area contributed by atoms with Gasteiger partial charge in [-0.25, -0.2) is 0 Å². The highest BCUT2D eigenvalue weighted by molar-refractivity contribution is 5.23. The van der Waals surface area contributed by atoms with Crippen LogP contribution in [0.4, 0.5) is 0 Å². The Hall–Kier alpha value is -0.600. The number of ether oxygens (including phenoxy) is 2. The van der Waals surface area contributed by atoms with Crippen LogP contribution in [0.5, 0.6) is 0 Å². The highest BCUT2D eigenvalue weighted by Crippen LogP contribution is 2.20. The zero-order chi connectivity index (χ0) is 9.68. The van der Waals surface area contributed by atoms with Crippen molar-refractivity contribution >= 4 is 0 Å². The van der Waals surface area contributed by atoms with E-state index in [1.807, 2.05) is 0 Å². The summed E-state index contributed by atoms with van der Waals surface area (Å²) in [6, 6.07) is 0. The van der Waals surface area contributed by atoms with Crippen LogP contribution in [0.2, 0.25) is 0 Å². The monoisotopic (exact) mass is 182 g/mol. The summed E-state index contributed by atoms with van der Waals surface area (Å²) in [6.07, 6.45) is 8.53. The van der Waals surface area contributed by atoms with Crippen molar-refractivity contribution in [2.75, 3.05) is 14.2 Å². The molecule has 0 N–H and O–H groups in total. The van der Waals surface area contributed by atoms with Crippen LogP contribution in [0.3, 0.4) is 0 Å². The zero-order valence-electron chi connectivity index (χ0n) is 8.62. The summed E-state index contributed by atoms with van der Waals surface area (Å²) < 4.78 is 10.3. The van der Waals surface area contributed by atoms with Gasteiger partial charge in [0, 0.05) is 20.6 Å². The molecular formula is C11H18O2. The predicted molar refractivity (Wildman–Crippen MR) is 53.4 cm³/mol. The SMILES string of the molecule is COC(CC1=CC(C)CC=C1)OC. The third-order valence-corrected chi connectivity index (χ3v) is 2.27. The van der Waals surface area contributed by atoms with E-state index in [9.17, 15) is 0 Å². The Labute approximate surface area is 80.2 Å². The van der Waals surface area contributed by atoms with Crippen molar-refractivity contribution in [3.8, 4) is 0 Å². The lowest BCUT2D eigenvalue weighted by molar-refractivity contribution is -0.0998. The van der Waals surface area contributed by atoms with Crippen LogP contribution in [-0.4, -0.2) is 20.5 Å². The van der Waals surface area contributed by atoms with Crippen molar-refractivity contribution in [1.29, 1.82) is 0 Å². The van der Waals surface area contributed by atoms with Gasteiger partial charge < -0.3 is 9.47 Å². The summed E-state index contributed by atoms with van der Waals surface area (Å²) in [6.45, 7) is 2.22. The number of hydrogen-bond donors (Lipinski definition) is 0. The minimum Gasteiger partial charge on any atom is -0.356 e. The molecule has 2 nitrogen and oxygen atoms in total. The van der Waals surface area contributed by atoms with Crippen LogP contribution in [0.1, 0.15) is 19.8 Å². The van der Waals surface area contributed by atoms with Gasteiger partial charge >= 0.3 is 0 Å². The van der Waals surface area contributed by atoms with Crippen LogP contribution >= 0.6 is 0 Å². The largest absolute Gasteiger partial charge is 0.356 e. The van der Waals surface area contributed by atoms with Gasteiger partial charge in [0.1, 0.15) is 0 Å². The average Bonchev–Trinajstić information content (AvgIpc) is 2.14. The van der Waals surface area contributed by atoms with Crippen LogP contribution in [0.25, 0.3) is 0 Å². The van der Waals surface area contributed by atoms with E-state index in [1.54, 1.807) is 14.2 Å². The second kappa shape index (κ2) is 5.20. The first-order valence-corrected chi connectivity index (χ1v) is 4.69. The second-order valence-electron chi connectivity index (χ2n) is 3.46. The van der Waals surface area contributed by atoms with Gasteiger partial charge in [0.2, 0.25) is 0 Å². The van der Waals surface area contributed by atoms with Crippen LogP contribution in [0, 0.1) is 5.92 Å². The zero-order valence-corrected chi connectivity index (χ0v) is 8.62. The Bertz CT molecular complexity index is 202. The molecule has 0 bridgehead atoms. The molecule has 0 amide bonds. The van der Waals surface area contributed by atoms with E-state index in [-0.39, 0.29) is 6.29 Å². The topological polar surface area (TPSA) is 18.5 Å². The van der Waals surface area contributed by atoms with E-state index >= 15 is 0 Å². The predicted octanol–water partition coefficient (Wildman–Crippen LogP) is 2.52. The van der Waals surface area contributed by atoms with Crippen molar-refractivity contribution in [2.24, 2.45) is 5.92 Å². The molecule has 1 unspecified atom stereocenters. The molecule has 0 fully saturated rings. The minimum absolute atomic E-state index is 0.110. The summed E-state index contributed by atoms with van der Waals surface area (Å²) in [5.41, 5.74) is 1.31. The molecule has 2 heteroatoms. The Morgan fingerprint density at radius 2 is 2.15 bits per heavy atom. The molecule has 1 rings (SSSR count). The molecule has 1 aliphatic carbocycles. The first-order valence-electron chi connectivity index (χ1n) is 4.69. The highest BCUT2D eigenvalue weighted by atomic mass is 16.7. The van der Waals surface area contributed by atoms with E-state index < -0.39 is 0 Å². The summed E-state index contributed by atoms with van der Waals surface area (Å²) in [7, 11) is 3.34. The van der Waals surface area contributed by atoms with Gasteiger partial charge in [-0.05, 0) is 17.9 Å². The van der Waals surface area contributed by atoms with Crippen molar-refractivity contribution in [3.63, 3.8) is 0 Å². The molecule has 74 valence electrons. The van der Waals surface area contributed by atoms with E-state index in [4.69, 9.17) is 9.47 Å². The third-order valence-electron chi connectivity index (χ3n) is 2.27. The van der Waals surface area contributed by atoms with Gasteiger partial charge in [-0.2, -0.15) is 0 Å². The molecule has 1 aliphatic rings. The first kappa shape index (κ1) is 10.5. The minimum atomic E-state index is -0.110. The molecule has 0 saturated carbocycles. The molecule has 1 atom stereocenters. The maximum absolute atomic E-state index is 5.14. The molecule has 0 radical (unpaired) electrons. The van der Waals surface area contributed by atoms with Crippen molar-refractivity contribution in [1.82, 2.24) is 0 Å². The third kappa shape index (κ3) is 3.33. The Kier molecular flexibility index (Phi) is 4.19. The van der Waals surface area contributed by atoms with Crippen LogP contribution < -0.4 is 0 Å². The van der Waals surface area contributed by atoms with Gasteiger partial charge in [0.15, 0.2) is 6.29 Å². The fourth-order valence-electron chi connectivity index (χ4n) is 1.51. The fraction of sp³-hybridized carbons (Fsp3) is 0.636. The summed E-state index contributed by atoms with van der Waals surface area (Å²) in [5, 5.41) is 0. The Balaban J connectivity index is 2.47. The van der Waals surface area contributed by atoms with Crippen molar-refractivity contribution in [2.45, 2.75) is 26.1 Å². The lowest BCUT2D eigenvalue weighted by Crippen LogP contribution is -2.14. The number of methoxy groups -OCH3 is 2. The molecule has 13 heavy (non-hydrogen) atoms. The van der Waals surface area contributed by atoms with E-state index in [1.165, 1.54) is 5.57 Å². The van der Waals surface area contributed by atoms with Crippen molar-refractivity contribution < 1.29 is 9.47 Å². The maximum Gasteiger partial charge on any atom is 0.160 e. The smallest absolute Gasteiger partial charge is 0.160 e. The molecular weight excluding hydrogens is 164 g/mol. The number of allylic oxidation sites excluding steroid dienone is 3. The normalized spacial score (nSPS) is 22.2. The van der Waals surface area contributed by atoms with Crippen molar-refractivity contribution in [3.05, 3.63) is 23.8 Å². The summed E-state index contributed by atoms with van der Waals surface area (Å²) >= 11 is 0. The molecule has 0 aromatic rings. The molecule has 0 aromatic carbocycles.